The average Bonchev–Trinajstić information content (AvgIpc) is 2.72. The molecule has 0 spiro atoms. The van der Waals surface area contributed by atoms with Crippen molar-refractivity contribution < 1.29 is 0 Å². The molecule has 0 N–H and O–H groups in total. The highest BCUT2D eigenvalue weighted by Crippen LogP contribution is 2.27. The maximum absolute atomic E-state index is 4.30. The molecule has 1 aromatic rings. The van der Waals surface area contributed by atoms with Gasteiger partial charge < -0.3 is 0 Å². The molecule has 0 bridgehead atoms. The van der Waals surface area contributed by atoms with Gasteiger partial charge in [-0.1, -0.05) is 0 Å². The third-order valence-electron chi connectivity index (χ3n) is 2.74. The second-order valence-corrected chi connectivity index (χ2v) is 4.97. The number of likely N-dealkylation sites (tertiary alicyclic amines) is 1. The molecule has 0 radical (unpaired) electrons. The molecule has 0 amide bonds. The lowest BCUT2D eigenvalue weighted by Gasteiger charge is -2.21. The summed E-state index contributed by atoms with van der Waals surface area (Å²) in [5.74, 6) is 0. The third-order valence-corrected chi connectivity index (χ3v) is 3.82. The maximum atomic E-state index is 4.30. The van der Waals surface area contributed by atoms with E-state index in [2.05, 4.69) is 23.7 Å². The van der Waals surface area contributed by atoms with E-state index in [1.165, 1.54) is 35.8 Å². The zero-order chi connectivity index (χ0) is 9.26. The van der Waals surface area contributed by atoms with Gasteiger partial charge in [0.05, 0.1) is 5.01 Å². The van der Waals surface area contributed by atoms with Gasteiger partial charge in [0.1, 0.15) is 0 Å². The molecule has 3 heteroatoms. The molecule has 1 atom stereocenters. The lowest BCUT2D eigenvalue weighted by atomic mass is 10.2. The van der Waals surface area contributed by atoms with Gasteiger partial charge in [-0.15, -0.1) is 11.3 Å². The van der Waals surface area contributed by atoms with Gasteiger partial charge in [0, 0.05) is 17.1 Å². The van der Waals surface area contributed by atoms with Crippen molar-refractivity contribution in [1.29, 1.82) is 0 Å². The lowest BCUT2D eigenvalue weighted by molar-refractivity contribution is 0.266. The molecule has 1 aliphatic heterocycles. The first-order chi connectivity index (χ1) is 6.27. The first kappa shape index (κ1) is 9.16. The van der Waals surface area contributed by atoms with Gasteiger partial charge in [-0.2, -0.15) is 0 Å². The highest BCUT2D eigenvalue weighted by atomic mass is 32.1. The Labute approximate surface area is 83.6 Å². The smallest absolute Gasteiger partial charge is 0.0897 e. The quantitative estimate of drug-likeness (QED) is 0.723. The monoisotopic (exact) mass is 196 g/mol. The molecule has 0 aromatic carbocycles. The summed E-state index contributed by atoms with van der Waals surface area (Å²) in [6.07, 6.45) is 4.76. The zero-order valence-electron chi connectivity index (χ0n) is 8.29. The summed E-state index contributed by atoms with van der Waals surface area (Å²) in [6, 6.07) is 0.577. The topological polar surface area (TPSA) is 16.1 Å². The molecular formula is C10H16N2S. The van der Waals surface area contributed by atoms with Crippen molar-refractivity contribution in [3.8, 4) is 0 Å². The number of thiazole rings is 1. The van der Waals surface area contributed by atoms with Gasteiger partial charge in [-0.3, -0.25) is 4.90 Å². The summed E-state index contributed by atoms with van der Waals surface area (Å²) in [5.41, 5.74) is 0. The van der Waals surface area contributed by atoms with Gasteiger partial charge in [0.25, 0.3) is 0 Å². The Morgan fingerprint density at radius 1 is 1.46 bits per heavy atom. The molecule has 2 nitrogen and oxygen atoms in total. The normalized spacial score (nSPS) is 20.8. The van der Waals surface area contributed by atoms with E-state index in [4.69, 9.17) is 0 Å². The number of rotatable bonds is 2. The van der Waals surface area contributed by atoms with E-state index in [0.29, 0.717) is 6.04 Å². The number of aromatic nitrogens is 1. The third kappa shape index (κ3) is 1.92. The summed E-state index contributed by atoms with van der Waals surface area (Å²) in [5, 5.41) is 1.18. The van der Waals surface area contributed by atoms with Crippen molar-refractivity contribution in [3.63, 3.8) is 0 Å². The molecule has 1 aliphatic rings. The molecule has 13 heavy (non-hydrogen) atoms. The van der Waals surface area contributed by atoms with Crippen LogP contribution >= 0.6 is 11.3 Å². The number of hydrogen-bond acceptors (Lipinski definition) is 3. The fraction of sp³-hybridized carbons (Fsp3) is 0.700. The number of aryl methyl sites for hydroxylation is 1. The Bertz CT molecular complexity index is 276. The van der Waals surface area contributed by atoms with Crippen molar-refractivity contribution in [2.75, 3.05) is 13.1 Å². The first-order valence-corrected chi connectivity index (χ1v) is 5.75. The fourth-order valence-electron chi connectivity index (χ4n) is 1.88. The molecule has 1 unspecified atom stereocenters. The summed E-state index contributed by atoms with van der Waals surface area (Å²) in [6.45, 7) is 6.89. The van der Waals surface area contributed by atoms with Crippen LogP contribution in [0.15, 0.2) is 6.20 Å². The Hall–Kier alpha value is -0.410. The van der Waals surface area contributed by atoms with Crippen molar-refractivity contribution >= 4 is 11.3 Å². The van der Waals surface area contributed by atoms with Crippen LogP contribution in [0.25, 0.3) is 0 Å². The van der Waals surface area contributed by atoms with Gasteiger partial charge in [0.15, 0.2) is 0 Å². The zero-order valence-corrected chi connectivity index (χ0v) is 9.10. The van der Waals surface area contributed by atoms with Crippen molar-refractivity contribution in [1.82, 2.24) is 9.88 Å². The van der Waals surface area contributed by atoms with Crippen LogP contribution in [0.2, 0.25) is 0 Å². The Morgan fingerprint density at radius 3 is 2.69 bits per heavy atom. The second kappa shape index (κ2) is 3.76. The standard InChI is InChI=1S/C10H16N2S/c1-8(12-5-3-4-6-12)10-7-11-9(2)13-10/h7-8H,3-6H2,1-2H3. The van der Waals surface area contributed by atoms with Crippen LogP contribution in [0.1, 0.15) is 35.7 Å². The van der Waals surface area contributed by atoms with Crippen LogP contribution in [-0.4, -0.2) is 23.0 Å². The van der Waals surface area contributed by atoms with Gasteiger partial charge in [0.2, 0.25) is 0 Å². The summed E-state index contributed by atoms with van der Waals surface area (Å²) >= 11 is 1.83. The largest absolute Gasteiger partial charge is 0.296 e. The number of hydrogen-bond donors (Lipinski definition) is 0. The van der Waals surface area contributed by atoms with Crippen molar-refractivity contribution in [3.05, 3.63) is 16.1 Å². The van der Waals surface area contributed by atoms with E-state index in [0.717, 1.165) is 0 Å². The van der Waals surface area contributed by atoms with Crippen LogP contribution in [-0.2, 0) is 0 Å². The van der Waals surface area contributed by atoms with Gasteiger partial charge in [-0.25, -0.2) is 4.98 Å². The highest BCUT2D eigenvalue weighted by molar-refractivity contribution is 7.11. The summed E-state index contributed by atoms with van der Waals surface area (Å²) in [4.78, 5) is 8.27. The van der Waals surface area contributed by atoms with E-state index >= 15 is 0 Å². The van der Waals surface area contributed by atoms with Crippen LogP contribution in [0.3, 0.4) is 0 Å². The predicted molar refractivity (Wildman–Crippen MR) is 56.1 cm³/mol. The van der Waals surface area contributed by atoms with Crippen molar-refractivity contribution in [2.24, 2.45) is 0 Å². The minimum Gasteiger partial charge on any atom is -0.296 e. The Kier molecular flexibility index (Phi) is 2.65. The molecule has 2 heterocycles. The molecular weight excluding hydrogens is 180 g/mol. The minimum absolute atomic E-state index is 0.577. The Morgan fingerprint density at radius 2 is 2.15 bits per heavy atom. The van der Waals surface area contributed by atoms with E-state index in [1.807, 2.05) is 17.5 Å². The molecule has 0 aliphatic carbocycles. The molecule has 72 valence electrons. The van der Waals surface area contributed by atoms with E-state index in [-0.39, 0.29) is 0 Å². The van der Waals surface area contributed by atoms with Crippen LogP contribution in [0.5, 0.6) is 0 Å². The van der Waals surface area contributed by atoms with E-state index in [1.54, 1.807) is 0 Å². The Balaban J connectivity index is 2.07. The maximum Gasteiger partial charge on any atom is 0.0897 e. The predicted octanol–water partition coefficient (Wildman–Crippen LogP) is 2.61. The van der Waals surface area contributed by atoms with Gasteiger partial charge >= 0.3 is 0 Å². The minimum atomic E-state index is 0.577. The van der Waals surface area contributed by atoms with E-state index in [9.17, 15) is 0 Å². The summed E-state index contributed by atoms with van der Waals surface area (Å²) in [7, 11) is 0. The second-order valence-electron chi connectivity index (χ2n) is 3.70. The highest BCUT2D eigenvalue weighted by Gasteiger charge is 2.20. The van der Waals surface area contributed by atoms with Crippen molar-refractivity contribution in [2.45, 2.75) is 32.7 Å². The van der Waals surface area contributed by atoms with Gasteiger partial charge in [-0.05, 0) is 39.8 Å². The fourth-order valence-corrected chi connectivity index (χ4v) is 2.75. The SMILES string of the molecule is Cc1ncc(C(C)N2CCCC2)s1. The molecule has 0 saturated carbocycles. The lowest BCUT2D eigenvalue weighted by Crippen LogP contribution is -2.22. The van der Waals surface area contributed by atoms with Crippen LogP contribution < -0.4 is 0 Å². The average molecular weight is 196 g/mol. The van der Waals surface area contributed by atoms with Crippen LogP contribution in [0.4, 0.5) is 0 Å². The molecule has 1 fully saturated rings. The van der Waals surface area contributed by atoms with Crippen LogP contribution in [0, 0.1) is 6.92 Å². The summed E-state index contributed by atoms with van der Waals surface area (Å²) < 4.78 is 0. The molecule has 1 saturated heterocycles. The first-order valence-electron chi connectivity index (χ1n) is 4.94. The van der Waals surface area contributed by atoms with E-state index < -0.39 is 0 Å². The molecule has 1 aromatic heterocycles. The molecule has 2 rings (SSSR count). The number of nitrogens with zero attached hydrogens (tertiary/aromatic N) is 2.